The van der Waals surface area contributed by atoms with Gasteiger partial charge in [0, 0.05) is 0 Å². The Hall–Kier alpha value is -3.64. The Morgan fingerprint density at radius 2 is 1.53 bits per heavy atom. The zero-order chi connectivity index (χ0) is 47.0. The summed E-state index contributed by atoms with van der Waals surface area (Å²) >= 11 is 6.51. The van der Waals surface area contributed by atoms with E-state index in [-0.39, 0.29) is 36.2 Å². The molecule has 6 rings (SSSR count). The monoisotopic (exact) mass is 953 g/mol. The maximum absolute atomic E-state index is 14.9. The Morgan fingerprint density at radius 1 is 0.879 bits per heavy atom. The number of anilines is 1. The Balaban J connectivity index is 1.07. The molecule has 66 heavy (non-hydrogen) atoms. The number of hydrogen-bond donors (Lipinski definition) is 1. The first-order chi connectivity index (χ1) is 31.8. The van der Waals surface area contributed by atoms with Crippen LogP contribution in [-0.4, -0.2) is 57.5 Å². The lowest BCUT2D eigenvalue weighted by Crippen LogP contribution is -2.44. The van der Waals surface area contributed by atoms with Gasteiger partial charge in [-0.05, 0) is 75.2 Å². The number of aromatic nitrogens is 3. The molecular weight excluding hydrogens is 884 g/mol. The van der Waals surface area contributed by atoms with Crippen molar-refractivity contribution < 1.29 is 41.5 Å². The molecule has 2 aliphatic rings. The first-order valence-corrected chi connectivity index (χ1v) is 25.9. The van der Waals surface area contributed by atoms with Crippen LogP contribution in [0.5, 0.6) is 5.75 Å². The molecule has 13 nitrogen and oxygen atoms in total. The van der Waals surface area contributed by atoms with Gasteiger partial charge in [-0.1, -0.05) is 140 Å². The number of ether oxygens (including phenoxy) is 4. The second kappa shape index (κ2) is 25.1. The highest BCUT2D eigenvalue weighted by Gasteiger charge is 2.62. The Morgan fingerprint density at radius 3 is 2.18 bits per heavy atom. The molecule has 2 aromatic heterocycles. The molecule has 2 aliphatic heterocycles. The predicted molar refractivity (Wildman–Crippen MR) is 254 cm³/mol. The minimum Gasteiger partial charge on any atom is -0.402 e. The van der Waals surface area contributed by atoms with E-state index in [4.69, 9.17) is 49.9 Å². The van der Waals surface area contributed by atoms with Gasteiger partial charge >= 0.3 is 7.82 Å². The highest BCUT2D eigenvalue weighted by molar-refractivity contribution is 7.49. The second-order valence-corrected chi connectivity index (χ2v) is 20.4. The number of unbranched alkanes of at least 4 members (excludes halogenated alkanes) is 16. The van der Waals surface area contributed by atoms with E-state index in [2.05, 4.69) is 17.0 Å². The summed E-state index contributed by atoms with van der Waals surface area (Å²) in [5, 5.41) is 14.1. The maximum atomic E-state index is 14.9. The summed E-state index contributed by atoms with van der Waals surface area (Å²) in [6.45, 7) is 7.23. The first kappa shape index (κ1) is 51.7. The van der Waals surface area contributed by atoms with Crippen LogP contribution in [-0.2, 0) is 39.2 Å². The van der Waals surface area contributed by atoms with Crippen molar-refractivity contribution in [3.8, 4) is 11.8 Å². The molecule has 2 N–H and O–H groups in total. The molecule has 2 fully saturated rings. The zero-order valence-electron chi connectivity index (χ0n) is 39.3. The molecule has 2 aromatic carbocycles. The number of nitrogens with two attached hydrogens (primary N) is 1. The van der Waals surface area contributed by atoms with Crippen LogP contribution in [0.25, 0.3) is 5.52 Å². The fraction of sp³-hybridized carbons (Fsp3) is 0.620. The van der Waals surface area contributed by atoms with Gasteiger partial charge in [0.05, 0.1) is 48.3 Å². The number of rotatable bonds is 30. The van der Waals surface area contributed by atoms with Crippen molar-refractivity contribution >= 4 is 30.8 Å². The van der Waals surface area contributed by atoms with Gasteiger partial charge in [0.1, 0.15) is 47.3 Å². The molecule has 6 atom stereocenters. The summed E-state index contributed by atoms with van der Waals surface area (Å²) in [5.41, 5.74) is 6.88. The van der Waals surface area contributed by atoms with Gasteiger partial charge in [-0.3, -0.25) is 9.05 Å². The average Bonchev–Trinajstić information content (AvgIpc) is 3.95. The summed E-state index contributed by atoms with van der Waals surface area (Å²) in [6.07, 6.45) is 20.8. The van der Waals surface area contributed by atoms with Gasteiger partial charge < -0.3 is 29.2 Å². The van der Waals surface area contributed by atoms with Crippen LogP contribution in [0, 0.1) is 17.1 Å². The number of phosphoric acid groups is 1. The number of para-hydroxylation sites is 1. The first-order valence-electron chi connectivity index (χ1n) is 24.1. The number of halogens is 2. The molecule has 0 amide bonds. The van der Waals surface area contributed by atoms with Gasteiger partial charge in [0.2, 0.25) is 0 Å². The number of benzene rings is 2. The smallest absolute Gasteiger partial charge is 0.402 e. The third kappa shape index (κ3) is 14.9. The van der Waals surface area contributed by atoms with Crippen molar-refractivity contribution in [2.75, 3.05) is 18.9 Å². The summed E-state index contributed by atoms with van der Waals surface area (Å²) < 4.78 is 75.2. The van der Waals surface area contributed by atoms with Gasteiger partial charge in [-0.15, -0.1) is 0 Å². The van der Waals surface area contributed by atoms with Gasteiger partial charge in [0.25, 0.3) is 0 Å². The topological polar surface area (TPSA) is 162 Å². The Kier molecular flexibility index (Phi) is 19.7. The normalized spacial score (nSPS) is 21.4. The number of phosphoric ester groups is 1. The molecule has 16 heteroatoms. The quantitative estimate of drug-likeness (QED) is 0.0389. The molecule has 362 valence electrons. The molecule has 0 radical (unpaired) electrons. The predicted octanol–water partition coefficient (Wildman–Crippen LogP) is 13.2. The van der Waals surface area contributed by atoms with Crippen molar-refractivity contribution in [3.63, 3.8) is 0 Å². The molecule has 0 spiro atoms. The van der Waals surface area contributed by atoms with Gasteiger partial charge in [-0.25, -0.2) is 18.5 Å². The van der Waals surface area contributed by atoms with E-state index in [9.17, 15) is 14.2 Å². The van der Waals surface area contributed by atoms with E-state index in [1.165, 1.54) is 102 Å². The summed E-state index contributed by atoms with van der Waals surface area (Å²) in [5.74, 6) is -1.09. The largest absolute Gasteiger partial charge is 0.530 e. The number of nitrogens with zero attached hydrogens (tertiary/aromatic N) is 4. The van der Waals surface area contributed by atoms with Crippen molar-refractivity contribution in [1.29, 1.82) is 5.26 Å². The van der Waals surface area contributed by atoms with Gasteiger partial charge in [0.15, 0.2) is 11.6 Å². The van der Waals surface area contributed by atoms with E-state index >= 15 is 0 Å². The van der Waals surface area contributed by atoms with Gasteiger partial charge in [-0.2, -0.15) is 10.4 Å². The number of hydrogen-bond acceptors (Lipinski definition) is 12. The number of nitriles is 1. The van der Waals surface area contributed by atoms with E-state index < -0.39 is 49.4 Å². The lowest BCUT2D eigenvalue weighted by Gasteiger charge is -2.32. The van der Waals surface area contributed by atoms with Crippen LogP contribution in [0.2, 0.25) is 5.02 Å². The molecule has 4 aromatic rings. The van der Waals surface area contributed by atoms with E-state index in [1.807, 2.05) is 32.0 Å². The van der Waals surface area contributed by atoms with E-state index in [1.54, 1.807) is 41.8 Å². The molecular formula is C50H70ClFN5O8P. The minimum atomic E-state index is -4.49. The molecule has 0 saturated carbocycles. The highest BCUT2D eigenvalue weighted by Crippen LogP contribution is 2.55. The fourth-order valence-electron chi connectivity index (χ4n) is 8.88. The standard InChI is InChI=1S/C50H70ClFN5O8P/c1-5-6-7-8-9-10-11-12-13-14-15-16-17-18-19-20-21-24-40(59-33-38-29-37(32-53)30-39(52)31-38)34-60-66(58,65-44-26-23-22-25-41(44)51)61-35-50(4)47-46(62-49(2,3)64-47)45(63-50)42-27-28-43-48(54)55-36-56-57(42)43/h22-23,25-31,36,40,45-47H,5-21,24,33-35H2,1-4H3,(H2,54,55,56)/t40-,45+,46+,47+,50-,66?/m1/s1. The van der Waals surface area contributed by atoms with Crippen LogP contribution in [0.3, 0.4) is 0 Å². The number of nitrogen functional groups attached to an aromatic ring is 1. The molecule has 0 bridgehead atoms. The van der Waals surface area contributed by atoms with Crippen LogP contribution in [0.1, 0.15) is 166 Å². The average molecular weight is 955 g/mol. The molecule has 2 saturated heterocycles. The maximum Gasteiger partial charge on any atom is 0.530 e. The molecule has 4 heterocycles. The Bertz CT molecular complexity index is 2220. The molecule has 1 unspecified atom stereocenters. The van der Waals surface area contributed by atoms with Crippen LogP contribution >= 0.6 is 19.4 Å². The summed E-state index contributed by atoms with van der Waals surface area (Å²) in [4.78, 5) is 4.11. The van der Waals surface area contributed by atoms with Crippen molar-refractivity contribution in [2.45, 2.75) is 186 Å². The zero-order valence-corrected chi connectivity index (χ0v) is 40.9. The lowest BCUT2D eigenvalue weighted by atomic mass is 9.97. The van der Waals surface area contributed by atoms with E-state index in [0.717, 1.165) is 25.7 Å². The van der Waals surface area contributed by atoms with Crippen LogP contribution in [0.4, 0.5) is 10.2 Å². The van der Waals surface area contributed by atoms with Crippen LogP contribution in [0.15, 0.2) is 60.9 Å². The highest BCUT2D eigenvalue weighted by atomic mass is 35.5. The van der Waals surface area contributed by atoms with E-state index in [0.29, 0.717) is 29.0 Å². The number of fused-ring (bicyclic) bond motifs is 2. The van der Waals surface area contributed by atoms with Crippen molar-refractivity contribution in [3.05, 3.63) is 88.6 Å². The Labute approximate surface area is 395 Å². The second-order valence-electron chi connectivity index (χ2n) is 18.4. The van der Waals surface area contributed by atoms with Crippen molar-refractivity contribution in [2.24, 2.45) is 0 Å². The van der Waals surface area contributed by atoms with Crippen LogP contribution < -0.4 is 10.3 Å². The summed E-state index contributed by atoms with van der Waals surface area (Å²) in [7, 11) is -4.49. The third-order valence-electron chi connectivity index (χ3n) is 12.4. The minimum absolute atomic E-state index is 0.00440. The third-order valence-corrected chi connectivity index (χ3v) is 14.0. The summed E-state index contributed by atoms with van der Waals surface area (Å²) in [6, 6.07) is 16.4. The fourth-order valence-corrected chi connectivity index (χ4v) is 10.4. The van der Waals surface area contributed by atoms with Crippen molar-refractivity contribution in [1.82, 2.24) is 14.6 Å². The molecule has 0 aliphatic carbocycles. The SMILES string of the molecule is CCCCCCCCCCCCCCCCCCC[C@H](COP(=O)(OC[C@@]1(C)O[C@@H](c2ccc3c(N)ncnn23)[C@@H]2OC(C)(C)O[C@@H]21)Oc1ccccc1Cl)OCc1cc(F)cc(C#N)c1. The lowest BCUT2D eigenvalue weighted by molar-refractivity contribution is -0.212.